The highest BCUT2D eigenvalue weighted by molar-refractivity contribution is 9.10. The molecule has 0 unspecified atom stereocenters. The summed E-state index contributed by atoms with van der Waals surface area (Å²) in [6, 6.07) is 10.2. The van der Waals surface area contributed by atoms with Crippen LogP contribution >= 0.6 is 27.5 Å². The molecule has 0 aliphatic carbocycles. The van der Waals surface area contributed by atoms with Crippen molar-refractivity contribution < 1.29 is 9.53 Å². The number of rotatable bonds is 4. The number of nitrogen functional groups attached to an aromatic ring is 1. The molecule has 0 aliphatic heterocycles. The average molecular weight is 370 g/mol. The lowest BCUT2D eigenvalue weighted by Gasteiger charge is -2.11. The van der Waals surface area contributed by atoms with Gasteiger partial charge in [0.15, 0.2) is 0 Å². The van der Waals surface area contributed by atoms with Crippen molar-refractivity contribution in [2.24, 2.45) is 0 Å². The summed E-state index contributed by atoms with van der Waals surface area (Å²) in [5, 5.41) is 3.19. The Morgan fingerprint density at radius 1 is 1.29 bits per heavy atom. The van der Waals surface area contributed by atoms with Crippen molar-refractivity contribution in [3.8, 4) is 11.5 Å². The Kier molecular flexibility index (Phi) is 5.09. The van der Waals surface area contributed by atoms with Gasteiger partial charge in [0.1, 0.15) is 11.5 Å². The fraction of sp³-hybridized carbons (Fsp3) is 0.133. The molecular formula is C15H14BrClN2O2. The summed E-state index contributed by atoms with van der Waals surface area (Å²) in [6.45, 7) is 2.42. The Morgan fingerprint density at radius 3 is 2.71 bits per heavy atom. The zero-order chi connectivity index (χ0) is 15.4. The number of hydrogen-bond acceptors (Lipinski definition) is 3. The standard InChI is InChI=1S/C15H14BrClN2O2/c1-2-19-15(20)9-3-6-13(12(18)7-9)21-14-8-10(16)4-5-11(14)17/h3-8H,2,18H2,1H3,(H,19,20). The Balaban J connectivity index is 2.25. The zero-order valence-electron chi connectivity index (χ0n) is 11.3. The largest absolute Gasteiger partial charge is 0.454 e. The Bertz CT molecular complexity index is 677. The highest BCUT2D eigenvalue weighted by Crippen LogP contribution is 2.34. The van der Waals surface area contributed by atoms with Crippen molar-refractivity contribution in [1.82, 2.24) is 5.32 Å². The first-order valence-electron chi connectivity index (χ1n) is 6.32. The van der Waals surface area contributed by atoms with E-state index in [4.69, 9.17) is 22.1 Å². The first kappa shape index (κ1) is 15.7. The van der Waals surface area contributed by atoms with Gasteiger partial charge in [-0.3, -0.25) is 4.79 Å². The van der Waals surface area contributed by atoms with E-state index in [1.54, 1.807) is 30.3 Å². The highest BCUT2D eigenvalue weighted by atomic mass is 79.9. The van der Waals surface area contributed by atoms with Gasteiger partial charge >= 0.3 is 0 Å². The van der Waals surface area contributed by atoms with Gasteiger partial charge in [-0.25, -0.2) is 0 Å². The van der Waals surface area contributed by atoms with Crippen molar-refractivity contribution in [2.75, 3.05) is 12.3 Å². The molecule has 2 aromatic carbocycles. The molecule has 0 radical (unpaired) electrons. The lowest BCUT2D eigenvalue weighted by molar-refractivity contribution is 0.0956. The van der Waals surface area contributed by atoms with Crippen LogP contribution in [-0.2, 0) is 0 Å². The fourth-order valence-corrected chi connectivity index (χ4v) is 2.22. The molecule has 0 aromatic heterocycles. The van der Waals surface area contributed by atoms with Crippen molar-refractivity contribution in [2.45, 2.75) is 6.92 Å². The number of nitrogens with two attached hydrogens (primary N) is 1. The number of ether oxygens (including phenoxy) is 1. The first-order chi connectivity index (χ1) is 10.0. The van der Waals surface area contributed by atoms with E-state index in [-0.39, 0.29) is 5.91 Å². The summed E-state index contributed by atoms with van der Waals surface area (Å²) in [7, 11) is 0. The lowest BCUT2D eigenvalue weighted by atomic mass is 10.1. The van der Waals surface area contributed by atoms with E-state index in [2.05, 4.69) is 21.2 Å². The third-order valence-corrected chi connectivity index (χ3v) is 3.53. The van der Waals surface area contributed by atoms with Crippen molar-refractivity contribution in [3.63, 3.8) is 0 Å². The Labute approximate surface area is 136 Å². The minimum absolute atomic E-state index is 0.170. The molecule has 3 N–H and O–H groups in total. The van der Waals surface area contributed by atoms with Gasteiger partial charge in [-0.15, -0.1) is 0 Å². The summed E-state index contributed by atoms with van der Waals surface area (Å²) in [6.07, 6.45) is 0. The van der Waals surface area contributed by atoms with Gasteiger partial charge in [0, 0.05) is 16.6 Å². The monoisotopic (exact) mass is 368 g/mol. The second-order valence-electron chi connectivity index (χ2n) is 4.29. The van der Waals surface area contributed by atoms with E-state index in [0.717, 1.165) is 4.47 Å². The fourth-order valence-electron chi connectivity index (χ4n) is 1.72. The molecule has 110 valence electrons. The van der Waals surface area contributed by atoms with E-state index < -0.39 is 0 Å². The molecule has 0 fully saturated rings. The number of benzene rings is 2. The number of carbonyl (C=O) groups excluding carboxylic acids is 1. The molecule has 4 nitrogen and oxygen atoms in total. The van der Waals surface area contributed by atoms with Crippen LogP contribution < -0.4 is 15.8 Å². The van der Waals surface area contributed by atoms with Crippen molar-refractivity contribution in [1.29, 1.82) is 0 Å². The van der Waals surface area contributed by atoms with E-state index in [1.807, 2.05) is 13.0 Å². The van der Waals surface area contributed by atoms with E-state index in [0.29, 0.717) is 34.3 Å². The molecule has 0 saturated heterocycles. The molecule has 0 bridgehead atoms. The number of nitrogens with one attached hydrogen (secondary N) is 1. The number of amides is 1. The minimum Gasteiger partial charge on any atom is -0.454 e. The van der Waals surface area contributed by atoms with Crippen LogP contribution in [0.5, 0.6) is 11.5 Å². The maximum atomic E-state index is 11.7. The molecule has 0 heterocycles. The van der Waals surface area contributed by atoms with Crippen LogP contribution in [0.25, 0.3) is 0 Å². The number of anilines is 1. The molecule has 0 atom stereocenters. The summed E-state index contributed by atoms with van der Waals surface area (Å²) < 4.78 is 6.54. The van der Waals surface area contributed by atoms with Gasteiger partial charge in [0.25, 0.3) is 5.91 Å². The predicted molar refractivity (Wildman–Crippen MR) is 88.1 cm³/mol. The van der Waals surface area contributed by atoms with E-state index in [1.165, 1.54) is 0 Å². The van der Waals surface area contributed by atoms with Crippen LogP contribution in [0.4, 0.5) is 5.69 Å². The van der Waals surface area contributed by atoms with Crippen LogP contribution in [0.1, 0.15) is 17.3 Å². The van der Waals surface area contributed by atoms with Crippen molar-refractivity contribution in [3.05, 3.63) is 51.5 Å². The van der Waals surface area contributed by atoms with Gasteiger partial charge < -0.3 is 15.8 Å². The predicted octanol–water partition coefficient (Wildman–Crippen LogP) is 4.23. The smallest absolute Gasteiger partial charge is 0.251 e. The number of halogens is 2. The third-order valence-electron chi connectivity index (χ3n) is 2.72. The second-order valence-corrected chi connectivity index (χ2v) is 5.61. The minimum atomic E-state index is -0.170. The number of hydrogen-bond donors (Lipinski definition) is 2. The zero-order valence-corrected chi connectivity index (χ0v) is 13.7. The molecule has 0 aliphatic rings. The maximum Gasteiger partial charge on any atom is 0.251 e. The van der Waals surface area contributed by atoms with Crippen LogP contribution in [0, 0.1) is 0 Å². The number of carbonyl (C=O) groups is 1. The van der Waals surface area contributed by atoms with Crippen LogP contribution in [0.3, 0.4) is 0 Å². The maximum absolute atomic E-state index is 11.7. The second kappa shape index (κ2) is 6.83. The average Bonchev–Trinajstić information content (AvgIpc) is 2.45. The molecule has 21 heavy (non-hydrogen) atoms. The summed E-state index contributed by atoms with van der Waals surface area (Å²) in [5.74, 6) is 0.766. The Morgan fingerprint density at radius 2 is 2.05 bits per heavy atom. The molecule has 0 saturated carbocycles. The molecule has 2 aromatic rings. The molecular weight excluding hydrogens is 356 g/mol. The normalized spacial score (nSPS) is 10.2. The van der Waals surface area contributed by atoms with Gasteiger partial charge in [0.05, 0.1) is 10.7 Å². The molecule has 2 rings (SSSR count). The van der Waals surface area contributed by atoms with Crippen LogP contribution in [0.2, 0.25) is 5.02 Å². The summed E-state index contributed by atoms with van der Waals surface area (Å²) in [5.41, 5.74) is 6.79. The van der Waals surface area contributed by atoms with Gasteiger partial charge in [0.2, 0.25) is 0 Å². The first-order valence-corrected chi connectivity index (χ1v) is 7.49. The molecule has 6 heteroatoms. The van der Waals surface area contributed by atoms with Gasteiger partial charge in [-0.2, -0.15) is 0 Å². The van der Waals surface area contributed by atoms with Gasteiger partial charge in [-0.05, 0) is 43.3 Å². The topological polar surface area (TPSA) is 64.3 Å². The van der Waals surface area contributed by atoms with E-state index in [9.17, 15) is 4.79 Å². The van der Waals surface area contributed by atoms with Gasteiger partial charge in [-0.1, -0.05) is 27.5 Å². The Hall–Kier alpha value is -1.72. The molecule has 1 amide bonds. The summed E-state index contributed by atoms with van der Waals surface area (Å²) in [4.78, 5) is 11.7. The SMILES string of the molecule is CCNC(=O)c1ccc(Oc2cc(Br)ccc2Cl)c(N)c1. The quantitative estimate of drug-likeness (QED) is 0.793. The highest BCUT2D eigenvalue weighted by Gasteiger charge is 2.10. The lowest BCUT2D eigenvalue weighted by Crippen LogP contribution is -2.22. The van der Waals surface area contributed by atoms with Crippen LogP contribution in [-0.4, -0.2) is 12.5 Å². The van der Waals surface area contributed by atoms with E-state index >= 15 is 0 Å². The molecule has 0 spiro atoms. The van der Waals surface area contributed by atoms with Crippen LogP contribution in [0.15, 0.2) is 40.9 Å². The third kappa shape index (κ3) is 3.89. The summed E-state index contributed by atoms with van der Waals surface area (Å²) >= 11 is 9.42. The van der Waals surface area contributed by atoms with Crippen molar-refractivity contribution >= 4 is 39.1 Å².